The average molecular weight is 352 g/mol. The predicted octanol–water partition coefficient (Wildman–Crippen LogP) is 2.92. The van der Waals surface area contributed by atoms with Gasteiger partial charge in [0.2, 0.25) is 5.91 Å². The quantitative estimate of drug-likeness (QED) is 0.706. The van der Waals surface area contributed by atoms with E-state index in [-0.39, 0.29) is 18.4 Å². The molecule has 0 aliphatic rings. The molecule has 0 heterocycles. The lowest BCUT2D eigenvalue weighted by Crippen LogP contribution is -2.48. The Hall–Kier alpha value is -3.08. The van der Waals surface area contributed by atoms with E-state index in [4.69, 9.17) is 4.74 Å². The van der Waals surface area contributed by atoms with Gasteiger partial charge in [-0.05, 0) is 29.8 Å². The molecule has 1 N–H and O–H groups in total. The standard InChI is InChI=1S/C21H24N2O3/c1-4-12-23(13-5-2)21(25)16(3)22-20(24)15-26-19-11-10-17-8-6-7-9-18(17)14-19/h4-11,14,16H,1-2,12-13,15H2,3H3,(H,22,24). The summed E-state index contributed by atoms with van der Waals surface area (Å²) in [7, 11) is 0. The van der Waals surface area contributed by atoms with Crippen LogP contribution in [0.3, 0.4) is 0 Å². The molecule has 2 amide bonds. The first-order chi connectivity index (χ1) is 12.5. The van der Waals surface area contributed by atoms with E-state index in [0.717, 1.165) is 10.8 Å². The first kappa shape index (κ1) is 19.2. The minimum absolute atomic E-state index is 0.154. The van der Waals surface area contributed by atoms with E-state index in [0.29, 0.717) is 18.8 Å². The highest BCUT2D eigenvalue weighted by Crippen LogP contribution is 2.20. The molecule has 5 nitrogen and oxygen atoms in total. The van der Waals surface area contributed by atoms with E-state index >= 15 is 0 Å². The highest BCUT2D eigenvalue weighted by molar-refractivity contribution is 5.88. The van der Waals surface area contributed by atoms with Gasteiger partial charge in [-0.3, -0.25) is 9.59 Å². The second-order valence-electron chi connectivity index (χ2n) is 5.91. The minimum Gasteiger partial charge on any atom is -0.484 e. The summed E-state index contributed by atoms with van der Waals surface area (Å²) in [5.74, 6) is 0.0674. The fraction of sp³-hybridized carbons (Fsp3) is 0.238. The van der Waals surface area contributed by atoms with Gasteiger partial charge in [0.15, 0.2) is 6.61 Å². The van der Waals surface area contributed by atoms with Gasteiger partial charge in [0.1, 0.15) is 11.8 Å². The summed E-state index contributed by atoms with van der Waals surface area (Å²) in [5, 5.41) is 4.81. The van der Waals surface area contributed by atoms with Gasteiger partial charge < -0.3 is 15.0 Å². The van der Waals surface area contributed by atoms with Crippen LogP contribution in [0.15, 0.2) is 67.8 Å². The van der Waals surface area contributed by atoms with Crippen LogP contribution in [0.25, 0.3) is 10.8 Å². The number of rotatable bonds is 9. The number of hydrogen-bond donors (Lipinski definition) is 1. The smallest absolute Gasteiger partial charge is 0.258 e. The van der Waals surface area contributed by atoms with Gasteiger partial charge in [0.25, 0.3) is 5.91 Å². The first-order valence-corrected chi connectivity index (χ1v) is 8.46. The predicted molar refractivity (Wildman–Crippen MR) is 104 cm³/mol. The van der Waals surface area contributed by atoms with Crippen molar-refractivity contribution in [2.75, 3.05) is 19.7 Å². The molecule has 0 spiro atoms. The van der Waals surface area contributed by atoms with Crippen LogP contribution >= 0.6 is 0 Å². The van der Waals surface area contributed by atoms with Crippen LogP contribution in [0, 0.1) is 0 Å². The zero-order chi connectivity index (χ0) is 18.9. The molecule has 136 valence electrons. The van der Waals surface area contributed by atoms with E-state index < -0.39 is 6.04 Å². The Morgan fingerprint density at radius 1 is 1.12 bits per heavy atom. The van der Waals surface area contributed by atoms with E-state index in [1.165, 1.54) is 0 Å². The lowest BCUT2D eigenvalue weighted by atomic mass is 10.1. The Morgan fingerprint density at radius 3 is 2.42 bits per heavy atom. The van der Waals surface area contributed by atoms with Crippen molar-refractivity contribution in [3.63, 3.8) is 0 Å². The summed E-state index contributed by atoms with van der Waals surface area (Å²) in [6.45, 7) is 9.57. The van der Waals surface area contributed by atoms with Crippen LogP contribution < -0.4 is 10.1 Å². The molecule has 0 aliphatic heterocycles. The number of hydrogen-bond acceptors (Lipinski definition) is 3. The van der Waals surface area contributed by atoms with Crippen LogP contribution in [0.4, 0.5) is 0 Å². The van der Waals surface area contributed by atoms with Crippen molar-refractivity contribution >= 4 is 22.6 Å². The van der Waals surface area contributed by atoms with Crippen LogP contribution in [-0.4, -0.2) is 42.5 Å². The number of ether oxygens (including phenoxy) is 1. The maximum Gasteiger partial charge on any atom is 0.258 e. The molecule has 0 saturated heterocycles. The summed E-state index contributed by atoms with van der Waals surface area (Å²) in [5.41, 5.74) is 0. The summed E-state index contributed by atoms with van der Waals surface area (Å²) in [6.07, 6.45) is 3.28. The monoisotopic (exact) mass is 352 g/mol. The van der Waals surface area contributed by atoms with Gasteiger partial charge in [-0.1, -0.05) is 42.5 Å². The Labute approximate surface area is 153 Å². The van der Waals surface area contributed by atoms with Crippen LogP contribution in [0.5, 0.6) is 5.75 Å². The lowest BCUT2D eigenvalue weighted by molar-refractivity contribution is -0.135. The summed E-state index contributed by atoms with van der Waals surface area (Å²) in [4.78, 5) is 26.0. The number of nitrogens with one attached hydrogen (secondary N) is 1. The molecule has 0 aromatic heterocycles. The van der Waals surface area contributed by atoms with Crippen molar-refractivity contribution in [3.8, 4) is 5.75 Å². The zero-order valence-electron chi connectivity index (χ0n) is 15.0. The molecule has 26 heavy (non-hydrogen) atoms. The third-order valence-corrected chi connectivity index (χ3v) is 3.85. The SMILES string of the molecule is C=CCN(CC=C)C(=O)C(C)NC(=O)COc1ccc2ccccc2c1. The topological polar surface area (TPSA) is 58.6 Å². The molecule has 2 rings (SSSR count). The average Bonchev–Trinajstić information content (AvgIpc) is 2.65. The molecule has 2 aromatic carbocycles. The largest absolute Gasteiger partial charge is 0.484 e. The summed E-state index contributed by atoms with van der Waals surface area (Å²) < 4.78 is 5.54. The zero-order valence-corrected chi connectivity index (χ0v) is 15.0. The van der Waals surface area contributed by atoms with E-state index in [1.54, 1.807) is 24.0 Å². The molecule has 1 atom stereocenters. The third-order valence-electron chi connectivity index (χ3n) is 3.85. The number of benzene rings is 2. The molecule has 0 fully saturated rings. The number of carbonyl (C=O) groups is 2. The van der Waals surface area contributed by atoms with Gasteiger partial charge >= 0.3 is 0 Å². The van der Waals surface area contributed by atoms with E-state index in [2.05, 4.69) is 18.5 Å². The summed E-state index contributed by atoms with van der Waals surface area (Å²) >= 11 is 0. The highest BCUT2D eigenvalue weighted by Gasteiger charge is 2.20. The molecule has 1 unspecified atom stereocenters. The Kier molecular flexibility index (Phi) is 6.97. The second-order valence-corrected chi connectivity index (χ2v) is 5.91. The molecule has 5 heteroatoms. The lowest BCUT2D eigenvalue weighted by Gasteiger charge is -2.23. The first-order valence-electron chi connectivity index (χ1n) is 8.46. The summed E-state index contributed by atoms with van der Waals surface area (Å²) in [6, 6.07) is 12.9. The van der Waals surface area contributed by atoms with Gasteiger partial charge in [-0.25, -0.2) is 0 Å². The van der Waals surface area contributed by atoms with Gasteiger partial charge in [0.05, 0.1) is 0 Å². The molecule has 2 aromatic rings. The minimum atomic E-state index is -0.650. The maximum atomic E-state index is 12.4. The fourth-order valence-corrected chi connectivity index (χ4v) is 2.59. The van der Waals surface area contributed by atoms with Crippen molar-refractivity contribution < 1.29 is 14.3 Å². The molecular formula is C21H24N2O3. The van der Waals surface area contributed by atoms with Crippen molar-refractivity contribution in [2.45, 2.75) is 13.0 Å². The molecule has 0 saturated carbocycles. The van der Waals surface area contributed by atoms with Crippen LogP contribution in [-0.2, 0) is 9.59 Å². The Morgan fingerprint density at radius 2 is 1.77 bits per heavy atom. The van der Waals surface area contributed by atoms with Gasteiger partial charge in [-0.15, -0.1) is 13.2 Å². The molecule has 0 radical (unpaired) electrons. The normalized spacial score (nSPS) is 11.4. The van der Waals surface area contributed by atoms with Gasteiger partial charge in [-0.2, -0.15) is 0 Å². The number of carbonyl (C=O) groups excluding carboxylic acids is 2. The Balaban J connectivity index is 1.89. The van der Waals surface area contributed by atoms with Crippen LogP contribution in [0.2, 0.25) is 0 Å². The van der Waals surface area contributed by atoms with Crippen molar-refractivity contribution in [3.05, 3.63) is 67.8 Å². The number of amides is 2. The van der Waals surface area contributed by atoms with E-state index in [9.17, 15) is 9.59 Å². The van der Waals surface area contributed by atoms with Crippen LogP contribution in [0.1, 0.15) is 6.92 Å². The van der Waals surface area contributed by atoms with Crippen molar-refractivity contribution in [1.29, 1.82) is 0 Å². The molecular weight excluding hydrogens is 328 g/mol. The second kappa shape index (κ2) is 9.42. The third kappa shape index (κ3) is 5.21. The molecule has 0 aliphatic carbocycles. The highest BCUT2D eigenvalue weighted by atomic mass is 16.5. The van der Waals surface area contributed by atoms with Crippen molar-refractivity contribution in [1.82, 2.24) is 10.2 Å². The Bertz CT molecular complexity index is 791. The maximum absolute atomic E-state index is 12.4. The number of nitrogens with zero attached hydrogens (tertiary/aromatic N) is 1. The van der Waals surface area contributed by atoms with Crippen molar-refractivity contribution in [2.24, 2.45) is 0 Å². The molecule has 0 bridgehead atoms. The fourth-order valence-electron chi connectivity index (χ4n) is 2.59. The number of fused-ring (bicyclic) bond motifs is 1. The van der Waals surface area contributed by atoms with Gasteiger partial charge in [0, 0.05) is 13.1 Å². The van der Waals surface area contributed by atoms with E-state index in [1.807, 2.05) is 42.5 Å².